The summed E-state index contributed by atoms with van der Waals surface area (Å²) in [6, 6.07) is 8.53. The normalized spacial score (nSPS) is 10.2. The monoisotopic (exact) mass is 306 g/mol. The Labute approximate surface area is 125 Å². The smallest absolute Gasteiger partial charge is 0.304 e. The van der Waals surface area contributed by atoms with E-state index in [1.54, 1.807) is 24.1 Å². The van der Waals surface area contributed by atoms with E-state index in [9.17, 15) is 14.9 Å². The van der Waals surface area contributed by atoms with Crippen molar-refractivity contribution in [2.45, 2.75) is 6.92 Å². The molecule has 0 atom stereocenters. The lowest BCUT2D eigenvalue weighted by Crippen LogP contribution is -2.10. The molecule has 0 amide bonds. The molecule has 0 N–H and O–H groups in total. The van der Waals surface area contributed by atoms with Crippen LogP contribution < -0.4 is 9.64 Å². The van der Waals surface area contributed by atoms with Crippen LogP contribution in [0.1, 0.15) is 16.6 Å². The van der Waals surface area contributed by atoms with Crippen molar-refractivity contribution in [1.29, 1.82) is 0 Å². The zero-order chi connectivity index (χ0) is 15.6. The highest BCUT2D eigenvalue weighted by atomic mass is 32.1. The van der Waals surface area contributed by atoms with Gasteiger partial charge in [-0.1, -0.05) is 12.1 Å². The topological polar surface area (TPSA) is 72.7 Å². The number of hydrogen-bond acceptors (Lipinski definition) is 6. The molecule has 6 nitrogen and oxygen atoms in total. The molecule has 2 aromatic rings. The molecular formula is C14H14N2O4S. The Morgan fingerprint density at radius 1 is 1.38 bits per heavy atom. The summed E-state index contributed by atoms with van der Waals surface area (Å²) in [5.74, 6) is 0.412. The first kappa shape index (κ1) is 15.0. The average molecular weight is 306 g/mol. The Kier molecular flexibility index (Phi) is 4.23. The van der Waals surface area contributed by atoms with E-state index < -0.39 is 4.92 Å². The highest BCUT2D eigenvalue weighted by molar-refractivity contribution is 7.18. The van der Waals surface area contributed by atoms with Crippen LogP contribution in [0.15, 0.2) is 30.3 Å². The number of nitro groups is 1. The molecule has 0 aliphatic heterocycles. The van der Waals surface area contributed by atoms with Gasteiger partial charge in [-0.05, 0) is 19.1 Å². The number of nitrogens with zero attached hydrogens (tertiary/aromatic N) is 2. The van der Waals surface area contributed by atoms with Crippen LogP contribution in [-0.2, 0) is 0 Å². The minimum absolute atomic E-state index is 0.0846. The predicted molar refractivity (Wildman–Crippen MR) is 82.0 cm³/mol. The largest absolute Gasteiger partial charge is 0.495 e. The van der Waals surface area contributed by atoms with Gasteiger partial charge in [-0.2, -0.15) is 0 Å². The number of ketones is 1. The van der Waals surface area contributed by atoms with Crippen molar-refractivity contribution in [1.82, 2.24) is 0 Å². The quantitative estimate of drug-likeness (QED) is 0.479. The molecule has 0 unspecified atom stereocenters. The Morgan fingerprint density at radius 3 is 2.62 bits per heavy atom. The standard InChI is InChI=1S/C14H14N2O4S/c1-9(17)13-8-11(16(18)19)14(21-13)15(2)10-6-4-5-7-12(10)20-3/h4-8H,1-3H3. The van der Waals surface area contributed by atoms with Crippen molar-refractivity contribution in [2.75, 3.05) is 19.1 Å². The summed E-state index contributed by atoms with van der Waals surface area (Å²) >= 11 is 1.10. The van der Waals surface area contributed by atoms with Gasteiger partial charge in [0.15, 0.2) is 10.8 Å². The second-order valence-corrected chi connectivity index (χ2v) is 5.38. The number of methoxy groups -OCH3 is 1. The van der Waals surface area contributed by atoms with E-state index in [0.29, 0.717) is 21.3 Å². The third-order valence-corrected chi connectivity index (χ3v) is 4.29. The number of Topliss-reactive ketones (excluding diaryl/α,β-unsaturated/α-hetero) is 1. The molecule has 0 saturated carbocycles. The van der Waals surface area contributed by atoms with Crippen LogP contribution in [0.25, 0.3) is 0 Å². The Morgan fingerprint density at radius 2 is 2.05 bits per heavy atom. The van der Waals surface area contributed by atoms with Crippen LogP contribution in [0, 0.1) is 10.1 Å². The maximum atomic E-state index is 11.5. The lowest BCUT2D eigenvalue weighted by Gasteiger charge is -2.19. The van der Waals surface area contributed by atoms with Crippen LogP contribution in [0.3, 0.4) is 0 Å². The summed E-state index contributed by atoms with van der Waals surface area (Å²) < 4.78 is 5.27. The number of para-hydroxylation sites is 2. The molecule has 0 spiro atoms. The SMILES string of the molecule is COc1ccccc1N(C)c1sc(C(C)=O)cc1[N+](=O)[O-]. The maximum absolute atomic E-state index is 11.5. The van der Waals surface area contributed by atoms with Gasteiger partial charge in [0.25, 0.3) is 0 Å². The maximum Gasteiger partial charge on any atom is 0.304 e. The third kappa shape index (κ3) is 2.87. The lowest BCUT2D eigenvalue weighted by molar-refractivity contribution is -0.383. The van der Waals surface area contributed by atoms with Crippen molar-refractivity contribution in [2.24, 2.45) is 0 Å². The van der Waals surface area contributed by atoms with Crippen LogP contribution in [-0.4, -0.2) is 24.9 Å². The fraction of sp³-hybridized carbons (Fsp3) is 0.214. The first-order chi connectivity index (χ1) is 9.95. The summed E-state index contributed by atoms with van der Waals surface area (Å²) in [6.07, 6.45) is 0. The van der Waals surface area contributed by atoms with Gasteiger partial charge in [-0.3, -0.25) is 14.9 Å². The summed E-state index contributed by atoms with van der Waals surface area (Å²) in [5.41, 5.74) is 0.610. The fourth-order valence-electron chi connectivity index (χ4n) is 1.93. The van der Waals surface area contributed by atoms with Gasteiger partial charge in [0.05, 0.1) is 22.6 Å². The molecule has 0 aliphatic rings. The molecule has 1 aromatic carbocycles. The first-order valence-corrected chi connectivity index (χ1v) is 6.93. The molecule has 0 saturated heterocycles. The van der Waals surface area contributed by atoms with E-state index in [0.717, 1.165) is 11.3 Å². The third-order valence-electron chi connectivity index (χ3n) is 2.99. The molecule has 1 aromatic heterocycles. The number of carbonyl (C=O) groups excluding carboxylic acids is 1. The molecule has 7 heteroatoms. The van der Waals surface area contributed by atoms with E-state index in [1.165, 1.54) is 20.1 Å². The van der Waals surface area contributed by atoms with Gasteiger partial charge in [0.1, 0.15) is 5.75 Å². The second-order valence-electron chi connectivity index (χ2n) is 4.35. The van der Waals surface area contributed by atoms with E-state index in [1.807, 2.05) is 12.1 Å². The molecule has 0 aliphatic carbocycles. The van der Waals surface area contributed by atoms with Gasteiger partial charge >= 0.3 is 5.69 Å². The van der Waals surface area contributed by atoms with Crippen molar-refractivity contribution in [3.63, 3.8) is 0 Å². The van der Waals surface area contributed by atoms with E-state index in [2.05, 4.69) is 0 Å². The van der Waals surface area contributed by atoms with Crippen molar-refractivity contribution >= 4 is 33.5 Å². The van der Waals surface area contributed by atoms with Crippen LogP contribution in [0.2, 0.25) is 0 Å². The van der Waals surface area contributed by atoms with Crippen molar-refractivity contribution < 1.29 is 14.5 Å². The van der Waals surface area contributed by atoms with Gasteiger partial charge in [-0.15, -0.1) is 11.3 Å². The van der Waals surface area contributed by atoms with Crippen molar-refractivity contribution in [3.8, 4) is 5.75 Å². The molecule has 0 radical (unpaired) electrons. The Bertz CT molecular complexity index is 696. The number of rotatable bonds is 5. The molecule has 0 fully saturated rings. The van der Waals surface area contributed by atoms with Crippen molar-refractivity contribution in [3.05, 3.63) is 45.3 Å². The zero-order valence-electron chi connectivity index (χ0n) is 11.8. The van der Waals surface area contributed by atoms with E-state index >= 15 is 0 Å². The number of thiophene rings is 1. The second kappa shape index (κ2) is 5.92. The average Bonchev–Trinajstić information content (AvgIpc) is 2.92. The number of carbonyl (C=O) groups is 1. The van der Waals surface area contributed by atoms with Gasteiger partial charge in [-0.25, -0.2) is 0 Å². The van der Waals surface area contributed by atoms with Gasteiger partial charge < -0.3 is 9.64 Å². The molecule has 2 rings (SSSR count). The molecule has 21 heavy (non-hydrogen) atoms. The highest BCUT2D eigenvalue weighted by Crippen LogP contribution is 2.42. The van der Waals surface area contributed by atoms with E-state index in [-0.39, 0.29) is 11.5 Å². The number of benzene rings is 1. The van der Waals surface area contributed by atoms with Gasteiger partial charge in [0, 0.05) is 13.1 Å². The highest BCUT2D eigenvalue weighted by Gasteiger charge is 2.25. The lowest BCUT2D eigenvalue weighted by atomic mass is 10.2. The van der Waals surface area contributed by atoms with E-state index in [4.69, 9.17) is 4.74 Å². The molecule has 110 valence electrons. The summed E-state index contributed by atoms with van der Waals surface area (Å²) in [7, 11) is 3.25. The number of hydrogen-bond donors (Lipinski definition) is 0. The predicted octanol–water partition coefficient (Wildman–Crippen LogP) is 3.64. The van der Waals surface area contributed by atoms with Gasteiger partial charge in [0.2, 0.25) is 0 Å². The molecule has 1 heterocycles. The Balaban J connectivity index is 2.54. The summed E-state index contributed by atoms with van der Waals surface area (Å²) in [5, 5.41) is 11.6. The summed E-state index contributed by atoms with van der Waals surface area (Å²) in [4.78, 5) is 24.2. The van der Waals surface area contributed by atoms with Crippen LogP contribution >= 0.6 is 11.3 Å². The zero-order valence-corrected chi connectivity index (χ0v) is 12.6. The number of anilines is 2. The Hall–Kier alpha value is -2.41. The van der Waals surface area contributed by atoms with Crippen LogP contribution in [0.5, 0.6) is 5.75 Å². The fourth-order valence-corrected chi connectivity index (χ4v) is 2.93. The summed E-state index contributed by atoms with van der Waals surface area (Å²) in [6.45, 7) is 1.39. The molecule has 0 bridgehead atoms. The number of ether oxygens (including phenoxy) is 1. The minimum Gasteiger partial charge on any atom is -0.495 e. The van der Waals surface area contributed by atoms with Crippen LogP contribution in [0.4, 0.5) is 16.4 Å². The first-order valence-electron chi connectivity index (χ1n) is 6.11. The molecular weight excluding hydrogens is 292 g/mol. The minimum atomic E-state index is -0.482.